The standard InChI is InChI=1S/C15H18N2O3S2/c1-3-16(4-2)15(21)22-10-9-20-17-13(18)11-7-5-6-8-12(11)14(17)19/h5-8H,3-4,9-10H2,1-2H3. The van der Waals surface area contributed by atoms with Crippen molar-refractivity contribution in [3.8, 4) is 0 Å². The molecule has 1 heterocycles. The highest BCUT2D eigenvalue weighted by Gasteiger charge is 2.36. The first kappa shape index (κ1) is 16.9. The van der Waals surface area contributed by atoms with E-state index in [1.807, 2.05) is 13.8 Å². The molecule has 7 heteroatoms. The molecule has 0 unspecified atom stereocenters. The van der Waals surface area contributed by atoms with Gasteiger partial charge in [0.15, 0.2) is 0 Å². The van der Waals surface area contributed by atoms with E-state index in [9.17, 15) is 9.59 Å². The molecule has 1 aromatic carbocycles. The Morgan fingerprint density at radius 2 is 1.73 bits per heavy atom. The van der Waals surface area contributed by atoms with Crippen molar-refractivity contribution in [3.05, 3.63) is 35.4 Å². The Morgan fingerprint density at radius 1 is 1.18 bits per heavy atom. The second-order valence-corrected chi connectivity index (χ2v) is 6.30. The predicted octanol–water partition coefficient (Wildman–Crippen LogP) is 2.57. The average molecular weight is 338 g/mol. The lowest BCUT2D eigenvalue weighted by Crippen LogP contribution is -2.31. The number of rotatable bonds is 6. The molecule has 0 atom stereocenters. The summed E-state index contributed by atoms with van der Waals surface area (Å²) in [4.78, 5) is 31.6. The Balaban J connectivity index is 1.83. The summed E-state index contributed by atoms with van der Waals surface area (Å²) in [7, 11) is 0. The second kappa shape index (κ2) is 7.71. The number of carbonyl (C=O) groups is 2. The summed E-state index contributed by atoms with van der Waals surface area (Å²) in [6, 6.07) is 6.71. The van der Waals surface area contributed by atoms with Gasteiger partial charge in [-0.15, -0.1) is 5.06 Å². The first-order valence-electron chi connectivity index (χ1n) is 7.12. The van der Waals surface area contributed by atoms with Crippen molar-refractivity contribution in [3.63, 3.8) is 0 Å². The quantitative estimate of drug-likeness (QED) is 0.451. The topological polar surface area (TPSA) is 49.9 Å². The van der Waals surface area contributed by atoms with Crippen LogP contribution in [-0.2, 0) is 4.84 Å². The van der Waals surface area contributed by atoms with Crippen LogP contribution < -0.4 is 0 Å². The molecule has 0 aromatic heterocycles. The summed E-state index contributed by atoms with van der Waals surface area (Å²) in [6.07, 6.45) is 0. The zero-order chi connectivity index (χ0) is 16.1. The van der Waals surface area contributed by atoms with E-state index in [0.29, 0.717) is 16.9 Å². The molecule has 1 aliphatic heterocycles. The van der Waals surface area contributed by atoms with Crippen molar-refractivity contribution in [2.24, 2.45) is 0 Å². The summed E-state index contributed by atoms with van der Waals surface area (Å²) in [6.45, 7) is 6.07. The van der Waals surface area contributed by atoms with Crippen LogP contribution in [0.1, 0.15) is 34.6 Å². The fourth-order valence-corrected chi connectivity index (χ4v) is 3.40. The summed E-state index contributed by atoms with van der Waals surface area (Å²) in [5, 5.41) is 0.839. The van der Waals surface area contributed by atoms with Crippen LogP contribution in [0.3, 0.4) is 0 Å². The summed E-state index contributed by atoms with van der Waals surface area (Å²) in [5.74, 6) is -0.225. The molecule has 0 N–H and O–H groups in total. The van der Waals surface area contributed by atoms with Crippen molar-refractivity contribution in [1.29, 1.82) is 0 Å². The molecule has 0 aliphatic carbocycles. The lowest BCUT2D eigenvalue weighted by atomic mass is 10.1. The van der Waals surface area contributed by atoms with Crippen molar-refractivity contribution in [1.82, 2.24) is 9.96 Å². The van der Waals surface area contributed by atoms with Gasteiger partial charge < -0.3 is 4.90 Å². The Morgan fingerprint density at radius 3 is 2.23 bits per heavy atom. The molecule has 0 saturated heterocycles. The van der Waals surface area contributed by atoms with E-state index in [2.05, 4.69) is 4.90 Å². The maximum absolute atomic E-state index is 12.1. The van der Waals surface area contributed by atoms with Crippen molar-refractivity contribution in [2.75, 3.05) is 25.4 Å². The molecule has 0 fully saturated rings. The lowest BCUT2D eigenvalue weighted by molar-refractivity contribution is -0.0852. The van der Waals surface area contributed by atoms with E-state index in [1.54, 1.807) is 24.3 Å². The fraction of sp³-hybridized carbons (Fsp3) is 0.400. The number of nitrogens with zero attached hydrogens (tertiary/aromatic N) is 2. The highest BCUT2D eigenvalue weighted by Crippen LogP contribution is 2.22. The smallest absolute Gasteiger partial charge is 0.285 e. The average Bonchev–Trinajstić information content (AvgIpc) is 2.77. The number of thioether (sulfide) groups is 1. The number of carbonyl (C=O) groups excluding carboxylic acids is 2. The molecule has 118 valence electrons. The van der Waals surface area contributed by atoms with Crippen LogP contribution in [0.25, 0.3) is 0 Å². The molecular weight excluding hydrogens is 320 g/mol. The highest BCUT2D eigenvalue weighted by molar-refractivity contribution is 8.22. The molecule has 5 nitrogen and oxygen atoms in total. The first-order valence-corrected chi connectivity index (χ1v) is 8.52. The van der Waals surface area contributed by atoms with Crippen molar-refractivity contribution < 1.29 is 14.4 Å². The Labute approximate surface area is 139 Å². The van der Waals surface area contributed by atoms with E-state index in [0.717, 1.165) is 22.5 Å². The van der Waals surface area contributed by atoms with Gasteiger partial charge in [0, 0.05) is 18.8 Å². The van der Waals surface area contributed by atoms with E-state index < -0.39 is 11.8 Å². The number of hydroxylamine groups is 2. The SMILES string of the molecule is CCN(CC)C(=S)SCCON1C(=O)c2ccccc2C1=O. The summed E-state index contributed by atoms with van der Waals surface area (Å²) < 4.78 is 0.802. The maximum atomic E-state index is 12.1. The number of hydrogen-bond acceptors (Lipinski definition) is 5. The molecule has 2 rings (SSSR count). The van der Waals surface area contributed by atoms with Gasteiger partial charge >= 0.3 is 0 Å². The van der Waals surface area contributed by atoms with Gasteiger partial charge in [-0.05, 0) is 26.0 Å². The Hall–Kier alpha value is -1.44. The van der Waals surface area contributed by atoms with Gasteiger partial charge in [-0.25, -0.2) is 0 Å². The minimum Gasteiger partial charge on any atom is -0.358 e. The van der Waals surface area contributed by atoms with Crippen molar-refractivity contribution in [2.45, 2.75) is 13.8 Å². The third kappa shape index (κ3) is 3.48. The second-order valence-electron chi connectivity index (χ2n) is 4.57. The molecule has 0 radical (unpaired) electrons. The predicted molar refractivity (Wildman–Crippen MR) is 90.9 cm³/mol. The third-order valence-corrected chi connectivity index (χ3v) is 4.80. The van der Waals surface area contributed by atoms with Crippen LogP contribution in [0.4, 0.5) is 0 Å². The van der Waals surface area contributed by atoms with Crippen LogP contribution in [-0.4, -0.2) is 51.5 Å². The van der Waals surface area contributed by atoms with E-state index >= 15 is 0 Å². The minimum atomic E-state index is -0.406. The van der Waals surface area contributed by atoms with E-state index in [-0.39, 0.29) is 6.61 Å². The number of amides is 2. The monoisotopic (exact) mass is 338 g/mol. The third-order valence-electron chi connectivity index (χ3n) is 3.31. The fourth-order valence-electron chi connectivity index (χ4n) is 2.12. The Bertz CT molecular complexity index is 553. The zero-order valence-electron chi connectivity index (χ0n) is 12.6. The first-order chi connectivity index (χ1) is 10.6. The molecule has 22 heavy (non-hydrogen) atoms. The normalized spacial score (nSPS) is 13.5. The number of fused-ring (bicyclic) bond motifs is 1. The molecule has 0 spiro atoms. The lowest BCUT2D eigenvalue weighted by Gasteiger charge is -2.21. The van der Waals surface area contributed by atoms with Gasteiger partial charge in [0.05, 0.1) is 17.7 Å². The van der Waals surface area contributed by atoms with E-state index in [1.165, 1.54) is 11.8 Å². The van der Waals surface area contributed by atoms with Crippen LogP contribution in [0.2, 0.25) is 0 Å². The number of imide groups is 1. The van der Waals surface area contributed by atoms with Gasteiger partial charge in [-0.1, -0.05) is 36.1 Å². The number of hydrogen-bond donors (Lipinski definition) is 0. The molecule has 0 bridgehead atoms. The zero-order valence-corrected chi connectivity index (χ0v) is 14.2. The summed E-state index contributed by atoms with van der Waals surface area (Å²) in [5.41, 5.74) is 0.776. The van der Waals surface area contributed by atoms with Crippen LogP contribution in [0, 0.1) is 0 Å². The maximum Gasteiger partial charge on any atom is 0.285 e. The number of benzene rings is 1. The van der Waals surface area contributed by atoms with Gasteiger partial charge in [0.1, 0.15) is 4.32 Å². The minimum absolute atomic E-state index is 0.248. The number of thiocarbonyl (C=S) groups is 1. The highest BCUT2D eigenvalue weighted by atomic mass is 32.2. The molecule has 2 amide bonds. The van der Waals surface area contributed by atoms with Gasteiger partial charge in [0.2, 0.25) is 0 Å². The van der Waals surface area contributed by atoms with Crippen LogP contribution in [0.5, 0.6) is 0 Å². The van der Waals surface area contributed by atoms with E-state index in [4.69, 9.17) is 17.1 Å². The molecular formula is C15H18N2O3S2. The van der Waals surface area contributed by atoms with Crippen LogP contribution in [0.15, 0.2) is 24.3 Å². The van der Waals surface area contributed by atoms with Crippen LogP contribution >= 0.6 is 24.0 Å². The van der Waals surface area contributed by atoms with Gasteiger partial charge in [0.25, 0.3) is 11.8 Å². The van der Waals surface area contributed by atoms with Crippen molar-refractivity contribution >= 4 is 40.1 Å². The molecule has 0 saturated carbocycles. The van der Waals surface area contributed by atoms with Gasteiger partial charge in [-0.2, -0.15) is 0 Å². The van der Waals surface area contributed by atoms with Gasteiger partial charge in [-0.3, -0.25) is 14.4 Å². The largest absolute Gasteiger partial charge is 0.358 e. The molecule has 1 aromatic rings. The Kier molecular flexibility index (Phi) is 5.93. The summed E-state index contributed by atoms with van der Waals surface area (Å²) >= 11 is 6.80. The molecule has 1 aliphatic rings.